The summed E-state index contributed by atoms with van der Waals surface area (Å²) in [5.74, 6) is -0.503. The maximum Gasteiger partial charge on any atom is 0.237 e. The zero-order valence-electron chi connectivity index (χ0n) is 17.1. The Morgan fingerprint density at radius 2 is 1.87 bits per heavy atom. The van der Waals surface area contributed by atoms with Crippen LogP contribution in [0.1, 0.15) is 36.8 Å². The van der Waals surface area contributed by atoms with Crippen LogP contribution in [0.3, 0.4) is 0 Å². The molecule has 160 valence electrons. The first-order valence-electron chi connectivity index (χ1n) is 10.7. The molecule has 0 saturated carbocycles. The highest BCUT2D eigenvalue weighted by molar-refractivity contribution is 5.82. The van der Waals surface area contributed by atoms with Crippen LogP contribution >= 0.6 is 0 Å². The molecule has 4 nitrogen and oxygen atoms in total. The second-order valence-corrected chi connectivity index (χ2v) is 8.38. The van der Waals surface area contributed by atoms with Crippen molar-refractivity contribution in [2.45, 2.75) is 43.7 Å². The molecule has 0 aromatic heterocycles. The molecule has 0 unspecified atom stereocenters. The molecule has 30 heavy (non-hydrogen) atoms. The molecule has 4 rings (SSSR count). The number of hydrogen-bond donors (Lipinski definition) is 1. The predicted octanol–water partition coefficient (Wildman–Crippen LogP) is 3.79. The van der Waals surface area contributed by atoms with Crippen molar-refractivity contribution in [3.63, 3.8) is 0 Å². The molecule has 2 fully saturated rings. The molecule has 1 N–H and O–H groups in total. The lowest BCUT2D eigenvalue weighted by molar-refractivity contribution is -0.126. The summed E-state index contributed by atoms with van der Waals surface area (Å²) in [6, 6.07) is 12.9. The van der Waals surface area contributed by atoms with Gasteiger partial charge in [-0.15, -0.1) is 0 Å². The Balaban J connectivity index is 1.43. The topological polar surface area (TPSA) is 41.6 Å². The zero-order valence-corrected chi connectivity index (χ0v) is 17.1. The van der Waals surface area contributed by atoms with Gasteiger partial charge in [0.25, 0.3) is 0 Å². The van der Waals surface area contributed by atoms with Crippen LogP contribution in [0.15, 0.2) is 48.5 Å². The van der Waals surface area contributed by atoms with Crippen molar-refractivity contribution < 1.29 is 18.3 Å². The summed E-state index contributed by atoms with van der Waals surface area (Å²) in [5, 5.41) is 3.16. The summed E-state index contributed by atoms with van der Waals surface area (Å²) in [5.41, 5.74) is 1.61. The minimum absolute atomic E-state index is 0.0110. The van der Waals surface area contributed by atoms with Gasteiger partial charge in [0.05, 0.1) is 6.04 Å². The first kappa shape index (κ1) is 20.9. The Bertz CT molecular complexity index is 866. The first-order chi connectivity index (χ1) is 14.6. The van der Waals surface area contributed by atoms with Gasteiger partial charge in [-0.25, -0.2) is 8.78 Å². The lowest BCUT2D eigenvalue weighted by Gasteiger charge is -2.38. The fourth-order valence-electron chi connectivity index (χ4n) is 4.66. The summed E-state index contributed by atoms with van der Waals surface area (Å²) in [7, 11) is 0. The fraction of sp³-hybridized carbons (Fsp3) is 0.458. The van der Waals surface area contributed by atoms with E-state index in [1.54, 1.807) is 24.3 Å². The second-order valence-electron chi connectivity index (χ2n) is 8.38. The Morgan fingerprint density at radius 1 is 1.10 bits per heavy atom. The van der Waals surface area contributed by atoms with E-state index in [9.17, 15) is 13.6 Å². The average molecular weight is 414 g/mol. The summed E-state index contributed by atoms with van der Waals surface area (Å²) >= 11 is 0. The van der Waals surface area contributed by atoms with Gasteiger partial charge in [-0.2, -0.15) is 0 Å². The van der Waals surface area contributed by atoms with Crippen molar-refractivity contribution in [1.82, 2.24) is 10.2 Å². The molecule has 0 aliphatic carbocycles. The van der Waals surface area contributed by atoms with E-state index in [-0.39, 0.29) is 29.0 Å². The van der Waals surface area contributed by atoms with Crippen molar-refractivity contribution in [2.75, 3.05) is 26.3 Å². The zero-order chi connectivity index (χ0) is 21.0. The molecular weight excluding hydrogens is 386 g/mol. The molecular formula is C24H28F2N2O2. The average Bonchev–Trinajstić information content (AvgIpc) is 3.22. The third-order valence-electron chi connectivity index (χ3n) is 6.45. The molecule has 1 amide bonds. The molecule has 2 aliphatic heterocycles. The van der Waals surface area contributed by atoms with Crippen LogP contribution in [-0.2, 0) is 21.5 Å². The number of benzene rings is 2. The van der Waals surface area contributed by atoms with Crippen molar-refractivity contribution in [3.05, 3.63) is 71.3 Å². The first-order valence-corrected chi connectivity index (χ1v) is 10.7. The van der Waals surface area contributed by atoms with E-state index in [1.165, 1.54) is 18.2 Å². The Labute approximate surface area is 176 Å². The van der Waals surface area contributed by atoms with Crippen LogP contribution in [-0.4, -0.2) is 43.2 Å². The maximum absolute atomic E-state index is 13.9. The number of carbonyl (C=O) groups excluding carboxylic acids is 1. The minimum Gasteiger partial charge on any atom is -0.381 e. The lowest BCUT2D eigenvalue weighted by Crippen LogP contribution is -2.49. The van der Waals surface area contributed by atoms with Crippen molar-refractivity contribution >= 4 is 5.91 Å². The summed E-state index contributed by atoms with van der Waals surface area (Å²) in [4.78, 5) is 15.2. The van der Waals surface area contributed by atoms with Crippen LogP contribution < -0.4 is 5.32 Å². The van der Waals surface area contributed by atoms with Crippen molar-refractivity contribution in [2.24, 2.45) is 0 Å². The molecule has 0 spiro atoms. The quantitative estimate of drug-likeness (QED) is 0.782. The van der Waals surface area contributed by atoms with Crippen LogP contribution in [0.25, 0.3) is 0 Å². The largest absolute Gasteiger partial charge is 0.381 e. The van der Waals surface area contributed by atoms with Gasteiger partial charge in [-0.05, 0) is 67.6 Å². The molecule has 2 saturated heterocycles. The van der Waals surface area contributed by atoms with Crippen molar-refractivity contribution in [1.29, 1.82) is 0 Å². The van der Waals surface area contributed by atoms with E-state index in [0.717, 1.165) is 43.4 Å². The van der Waals surface area contributed by atoms with E-state index < -0.39 is 0 Å². The lowest BCUT2D eigenvalue weighted by atomic mass is 9.74. The number of halogens is 2. The monoisotopic (exact) mass is 414 g/mol. The molecule has 1 atom stereocenters. The highest BCUT2D eigenvalue weighted by Crippen LogP contribution is 2.35. The van der Waals surface area contributed by atoms with E-state index >= 15 is 0 Å². The van der Waals surface area contributed by atoms with Gasteiger partial charge in [-0.1, -0.05) is 24.3 Å². The standard InChI is InChI=1S/C24H28F2N2O2/c25-20-8-6-18(7-9-20)16-28-12-2-5-22(28)23(29)27-17-24(10-13-30-14-11-24)19-3-1-4-21(26)15-19/h1,3-4,6-9,15,22H,2,5,10-14,16-17H2,(H,27,29)/t22-/m0/s1. The molecule has 2 heterocycles. The third-order valence-corrected chi connectivity index (χ3v) is 6.45. The third kappa shape index (κ3) is 4.71. The van der Waals surface area contributed by atoms with E-state index in [2.05, 4.69) is 10.2 Å². The Hall–Kier alpha value is -2.31. The van der Waals surface area contributed by atoms with Gasteiger partial charge >= 0.3 is 0 Å². The normalized spacial score (nSPS) is 21.5. The minimum atomic E-state index is -0.309. The van der Waals surface area contributed by atoms with Crippen LogP contribution in [0.2, 0.25) is 0 Å². The van der Waals surface area contributed by atoms with Crippen molar-refractivity contribution in [3.8, 4) is 0 Å². The van der Waals surface area contributed by atoms with Gasteiger partial charge in [0.1, 0.15) is 11.6 Å². The molecule has 2 aromatic rings. The number of ether oxygens (including phenoxy) is 1. The number of nitrogens with one attached hydrogen (secondary N) is 1. The maximum atomic E-state index is 13.9. The summed E-state index contributed by atoms with van der Waals surface area (Å²) in [6.07, 6.45) is 3.27. The van der Waals surface area contributed by atoms with Gasteiger partial charge in [0.15, 0.2) is 0 Å². The molecule has 2 aliphatic rings. The van der Waals surface area contributed by atoms with Crippen LogP contribution in [0.4, 0.5) is 8.78 Å². The number of carbonyl (C=O) groups is 1. The number of nitrogens with zero attached hydrogens (tertiary/aromatic N) is 1. The SMILES string of the molecule is O=C(NCC1(c2cccc(F)c2)CCOCC1)[C@@H]1CCCN1Cc1ccc(F)cc1. The molecule has 0 radical (unpaired) electrons. The Morgan fingerprint density at radius 3 is 2.60 bits per heavy atom. The fourth-order valence-corrected chi connectivity index (χ4v) is 4.66. The molecule has 0 bridgehead atoms. The molecule has 6 heteroatoms. The number of hydrogen-bond acceptors (Lipinski definition) is 3. The van der Waals surface area contributed by atoms with E-state index in [1.807, 2.05) is 6.07 Å². The van der Waals surface area contributed by atoms with E-state index in [0.29, 0.717) is 26.3 Å². The van der Waals surface area contributed by atoms with E-state index in [4.69, 9.17) is 4.74 Å². The highest BCUT2D eigenvalue weighted by Gasteiger charge is 2.37. The van der Waals surface area contributed by atoms with Gasteiger partial charge in [0.2, 0.25) is 5.91 Å². The predicted molar refractivity (Wildman–Crippen MR) is 111 cm³/mol. The number of rotatable bonds is 6. The van der Waals surface area contributed by atoms with Gasteiger partial charge in [-0.3, -0.25) is 9.69 Å². The summed E-state index contributed by atoms with van der Waals surface area (Å²) in [6.45, 7) is 3.15. The second kappa shape index (κ2) is 9.23. The highest BCUT2D eigenvalue weighted by atomic mass is 19.1. The van der Waals surface area contributed by atoms with Crippen LogP contribution in [0.5, 0.6) is 0 Å². The van der Waals surface area contributed by atoms with Gasteiger partial charge in [0, 0.05) is 31.7 Å². The number of likely N-dealkylation sites (tertiary alicyclic amines) is 1. The number of amides is 1. The van der Waals surface area contributed by atoms with Gasteiger partial charge < -0.3 is 10.1 Å². The molecule has 2 aromatic carbocycles. The summed E-state index contributed by atoms with van der Waals surface area (Å²) < 4.78 is 32.6. The van der Waals surface area contributed by atoms with Crippen LogP contribution in [0, 0.1) is 11.6 Å². The Kier molecular flexibility index (Phi) is 6.44. The smallest absolute Gasteiger partial charge is 0.237 e.